The van der Waals surface area contributed by atoms with E-state index in [1.54, 1.807) is 26.4 Å². The molecule has 0 radical (unpaired) electrons. The first-order chi connectivity index (χ1) is 16.1. The zero-order chi connectivity index (χ0) is 23.2. The molecule has 3 aromatic carbocycles. The van der Waals surface area contributed by atoms with E-state index in [1.165, 1.54) is 18.5 Å². The standard InChI is InChI=1S/C25H23FN4O3/c1-16(30-33-14-17-4-8-19(26)9-5-17)18-6-10-20(11-7-18)29-25-21-12-23(31-2)24(32-3)13-22(21)27-15-28-25/h4-13,15H,14H2,1-3H3,(H,27,28,29). The van der Waals surface area contributed by atoms with Gasteiger partial charge in [-0.3, -0.25) is 0 Å². The Morgan fingerprint density at radius 2 is 1.64 bits per heavy atom. The number of oxime groups is 1. The minimum atomic E-state index is -0.277. The summed E-state index contributed by atoms with van der Waals surface area (Å²) in [6.45, 7) is 2.14. The number of methoxy groups -OCH3 is 2. The molecule has 0 bridgehead atoms. The van der Waals surface area contributed by atoms with E-state index in [-0.39, 0.29) is 12.4 Å². The number of hydrogen-bond donors (Lipinski definition) is 1. The van der Waals surface area contributed by atoms with Crippen LogP contribution in [0.4, 0.5) is 15.9 Å². The quantitative estimate of drug-likeness (QED) is 0.286. The van der Waals surface area contributed by atoms with E-state index in [4.69, 9.17) is 14.3 Å². The number of hydrogen-bond acceptors (Lipinski definition) is 7. The lowest BCUT2D eigenvalue weighted by atomic mass is 10.1. The van der Waals surface area contributed by atoms with Crippen LogP contribution in [0, 0.1) is 5.82 Å². The maximum Gasteiger partial charge on any atom is 0.162 e. The molecule has 0 aliphatic heterocycles. The average Bonchev–Trinajstić information content (AvgIpc) is 2.85. The topological polar surface area (TPSA) is 77.9 Å². The van der Waals surface area contributed by atoms with Gasteiger partial charge >= 0.3 is 0 Å². The van der Waals surface area contributed by atoms with E-state index in [0.717, 1.165) is 33.4 Å². The molecule has 1 heterocycles. The first-order valence-electron chi connectivity index (χ1n) is 10.2. The van der Waals surface area contributed by atoms with Crippen LogP contribution in [0.1, 0.15) is 18.1 Å². The summed E-state index contributed by atoms with van der Waals surface area (Å²) in [4.78, 5) is 14.1. The third-order valence-electron chi connectivity index (χ3n) is 5.05. The molecule has 0 aliphatic rings. The van der Waals surface area contributed by atoms with Crippen LogP contribution >= 0.6 is 0 Å². The van der Waals surface area contributed by atoms with Crippen molar-refractivity contribution in [1.82, 2.24) is 9.97 Å². The molecular weight excluding hydrogens is 423 g/mol. The number of rotatable bonds is 8. The number of halogens is 1. The Bertz CT molecular complexity index is 1280. The van der Waals surface area contributed by atoms with Gasteiger partial charge in [0.15, 0.2) is 11.5 Å². The molecule has 4 aromatic rings. The van der Waals surface area contributed by atoms with Gasteiger partial charge in [0.05, 0.1) is 25.4 Å². The third-order valence-corrected chi connectivity index (χ3v) is 5.05. The van der Waals surface area contributed by atoms with Crippen LogP contribution in [0.2, 0.25) is 0 Å². The number of ether oxygens (including phenoxy) is 2. The number of fused-ring (bicyclic) bond motifs is 1. The molecule has 8 heteroatoms. The van der Waals surface area contributed by atoms with E-state index in [9.17, 15) is 4.39 Å². The number of aromatic nitrogens is 2. The molecule has 168 valence electrons. The van der Waals surface area contributed by atoms with Crippen LogP contribution in [0.5, 0.6) is 11.5 Å². The number of nitrogens with one attached hydrogen (secondary N) is 1. The maximum atomic E-state index is 13.0. The number of nitrogens with zero attached hydrogens (tertiary/aromatic N) is 3. The minimum Gasteiger partial charge on any atom is -0.493 e. The van der Waals surface area contributed by atoms with E-state index in [0.29, 0.717) is 17.3 Å². The maximum absolute atomic E-state index is 13.0. The van der Waals surface area contributed by atoms with Crippen LogP contribution < -0.4 is 14.8 Å². The van der Waals surface area contributed by atoms with Gasteiger partial charge < -0.3 is 19.6 Å². The first kappa shape index (κ1) is 22.0. The molecular formula is C25H23FN4O3. The predicted molar refractivity (Wildman–Crippen MR) is 126 cm³/mol. The summed E-state index contributed by atoms with van der Waals surface area (Å²) in [5.74, 6) is 1.59. The van der Waals surface area contributed by atoms with Crippen molar-refractivity contribution < 1.29 is 18.7 Å². The zero-order valence-corrected chi connectivity index (χ0v) is 18.5. The van der Waals surface area contributed by atoms with E-state index in [1.807, 2.05) is 43.3 Å². The summed E-state index contributed by atoms with van der Waals surface area (Å²) in [5, 5.41) is 8.29. The van der Waals surface area contributed by atoms with Crippen LogP contribution in [-0.2, 0) is 11.4 Å². The van der Waals surface area contributed by atoms with E-state index >= 15 is 0 Å². The summed E-state index contributed by atoms with van der Waals surface area (Å²) in [5.41, 5.74) is 4.09. The molecule has 0 spiro atoms. The molecule has 0 amide bonds. The Labute approximate surface area is 190 Å². The van der Waals surface area contributed by atoms with Crippen molar-refractivity contribution in [3.63, 3.8) is 0 Å². The van der Waals surface area contributed by atoms with Gasteiger partial charge in [0, 0.05) is 17.1 Å². The van der Waals surface area contributed by atoms with Crippen molar-refractivity contribution in [2.75, 3.05) is 19.5 Å². The van der Waals surface area contributed by atoms with Gasteiger partial charge in [0.2, 0.25) is 0 Å². The van der Waals surface area contributed by atoms with Crippen molar-refractivity contribution in [2.24, 2.45) is 5.16 Å². The molecule has 1 N–H and O–H groups in total. The Balaban J connectivity index is 1.47. The van der Waals surface area contributed by atoms with Crippen molar-refractivity contribution >= 4 is 28.1 Å². The highest BCUT2D eigenvalue weighted by atomic mass is 19.1. The third kappa shape index (κ3) is 5.17. The molecule has 0 saturated heterocycles. The first-order valence-corrected chi connectivity index (χ1v) is 10.2. The highest BCUT2D eigenvalue weighted by Crippen LogP contribution is 2.34. The lowest BCUT2D eigenvalue weighted by Gasteiger charge is -2.12. The number of benzene rings is 3. The van der Waals surface area contributed by atoms with Crippen LogP contribution in [0.25, 0.3) is 10.9 Å². The molecule has 7 nitrogen and oxygen atoms in total. The molecule has 1 aromatic heterocycles. The molecule has 0 aliphatic carbocycles. The van der Waals surface area contributed by atoms with Gasteiger partial charge in [-0.1, -0.05) is 29.4 Å². The normalized spacial score (nSPS) is 11.3. The van der Waals surface area contributed by atoms with Gasteiger partial charge in [-0.2, -0.15) is 0 Å². The largest absolute Gasteiger partial charge is 0.493 e. The summed E-state index contributed by atoms with van der Waals surface area (Å²) in [7, 11) is 3.18. The number of anilines is 2. The Hall–Kier alpha value is -4.20. The van der Waals surface area contributed by atoms with Crippen LogP contribution in [0.15, 0.2) is 72.1 Å². The SMILES string of the molecule is COc1cc2ncnc(Nc3ccc(C(C)=NOCc4ccc(F)cc4)cc3)c2cc1OC. The van der Waals surface area contributed by atoms with Crippen LogP contribution in [0.3, 0.4) is 0 Å². The summed E-state index contributed by atoms with van der Waals surface area (Å²) < 4.78 is 23.7. The molecule has 0 fully saturated rings. The molecule has 0 unspecified atom stereocenters. The lowest BCUT2D eigenvalue weighted by Crippen LogP contribution is -2.00. The second kappa shape index (κ2) is 9.95. The van der Waals surface area contributed by atoms with Crippen molar-refractivity contribution in [3.8, 4) is 11.5 Å². The van der Waals surface area contributed by atoms with Gasteiger partial charge in [-0.05, 0) is 48.4 Å². The Morgan fingerprint density at radius 1 is 0.939 bits per heavy atom. The van der Waals surface area contributed by atoms with Crippen molar-refractivity contribution in [2.45, 2.75) is 13.5 Å². The van der Waals surface area contributed by atoms with Gasteiger partial charge in [0.1, 0.15) is 24.6 Å². The average molecular weight is 446 g/mol. The minimum absolute atomic E-state index is 0.270. The lowest BCUT2D eigenvalue weighted by molar-refractivity contribution is 0.130. The molecule has 33 heavy (non-hydrogen) atoms. The van der Waals surface area contributed by atoms with Crippen LogP contribution in [-0.4, -0.2) is 29.9 Å². The smallest absolute Gasteiger partial charge is 0.162 e. The van der Waals surface area contributed by atoms with Gasteiger partial charge in [-0.25, -0.2) is 14.4 Å². The second-order valence-electron chi connectivity index (χ2n) is 7.23. The fourth-order valence-electron chi connectivity index (χ4n) is 3.25. The molecule has 0 atom stereocenters. The molecule has 4 rings (SSSR count). The fourth-order valence-corrected chi connectivity index (χ4v) is 3.25. The fraction of sp³-hybridized carbons (Fsp3) is 0.160. The highest BCUT2D eigenvalue weighted by Gasteiger charge is 2.11. The Morgan fingerprint density at radius 3 is 2.33 bits per heavy atom. The summed E-state index contributed by atoms with van der Waals surface area (Å²) in [6, 6.07) is 17.5. The molecule has 0 saturated carbocycles. The monoisotopic (exact) mass is 446 g/mol. The van der Waals surface area contributed by atoms with Crippen molar-refractivity contribution in [3.05, 3.63) is 83.9 Å². The Kier molecular flexibility index (Phi) is 6.64. The van der Waals surface area contributed by atoms with E-state index in [2.05, 4.69) is 20.4 Å². The predicted octanol–water partition coefficient (Wildman–Crippen LogP) is 5.47. The second-order valence-corrected chi connectivity index (χ2v) is 7.23. The van der Waals surface area contributed by atoms with Gasteiger partial charge in [0.25, 0.3) is 0 Å². The summed E-state index contributed by atoms with van der Waals surface area (Å²) >= 11 is 0. The van der Waals surface area contributed by atoms with Gasteiger partial charge in [-0.15, -0.1) is 0 Å². The highest BCUT2D eigenvalue weighted by molar-refractivity contribution is 5.99. The van der Waals surface area contributed by atoms with E-state index < -0.39 is 0 Å². The summed E-state index contributed by atoms with van der Waals surface area (Å²) in [6.07, 6.45) is 1.50. The zero-order valence-electron chi connectivity index (χ0n) is 18.5. The van der Waals surface area contributed by atoms with Crippen molar-refractivity contribution in [1.29, 1.82) is 0 Å².